The molecule has 0 saturated carbocycles. The lowest BCUT2D eigenvalue weighted by molar-refractivity contribution is -0.137. The zero-order valence-corrected chi connectivity index (χ0v) is 21.6. The number of nitrogens with zero attached hydrogens (tertiary/aromatic N) is 4. The van der Waals surface area contributed by atoms with Crippen LogP contribution in [0.3, 0.4) is 0 Å². The summed E-state index contributed by atoms with van der Waals surface area (Å²) in [4.78, 5) is 45.6. The fourth-order valence-electron chi connectivity index (χ4n) is 4.38. The van der Waals surface area contributed by atoms with Crippen molar-refractivity contribution >= 4 is 56.7 Å². The fraction of sp³-hybridized carbons (Fsp3) is 0.0741. The number of aromatic nitrogens is 3. The summed E-state index contributed by atoms with van der Waals surface area (Å²) in [5.41, 5.74) is 0.0730. The topological polar surface area (TPSA) is 96.7 Å². The maximum Gasteiger partial charge on any atom is 0.416 e. The van der Waals surface area contributed by atoms with E-state index in [0.29, 0.717) is 27.7 Å². The minimum atomic E-state index is -4.57. The Kier molecular flexibility index (Phi) is 6.15. The van der Waals surface area contributed by atoms with Crippen LogP contribution < -0.4 is 20.3 Å². The molecule has 0 aliphatic carbocycles. The lowest BCUT2D eigenvalue weighted by atomic mass is 10.1. The summed E-state index contributed by atoms with van der Waals surface area (Å²) in [5, 5.41) is 7.25. The van der Waals surface area contributed by atoms with Gasteiger partial charge in [0.25, 0.3) is 11.5 Å². The van der Waals surface area contributed by atoms with Gasteiger partial charge in [0.05, 0.1) is 16.8 Å². The van der Waals surface area contributed by atoms with Gasteiger partial charge in [-0.1, -0.05) is 47.2 Å². The molecule has 3 heterocycles. The van der Waals surface area contributed by atoms with Crippen LogP contribution in [0.25, 0.3) is 21.9 Å². The van der Waals surface area contributed by atoms with E-state index in [1.54, 1.807) is 48.5 Å². The van der Waals surface area contributed by atoms with E-state index in [1.165, 1.54) is 17.0 Å². The molecule has 1 aliphatic rings. The van der Waals surface area contributed by atoms with E-state index in [1.807, 2.05) is 0 Å². The average molecular weight is 582 g/mol. The summed E-state index contributed by atoms with van der Waals surface area (Å²) in [7, 11) is 0. The Morgan fingerprint density at radius 3 is 2.48 bits per heavy atom. The van der Waals surface area contributed by atoms with Gasteiger partial charge in [0, 0.05) is 21.8 Å². The number of thiazole rings is 1. The van der Waals surface area contributed by atoms with Crippen LogP contribution in [0.2, 0.25) is 5.02 Å². The normalized spacial score (nSPS) is 14.6. The Bertz CT molecular complexity index is 1940. The van der Waals surface area contributed by atoms with Gasteiger partial charge >= 0.3 is 6.18 Å². The Labute approximate surface area is 231 Å². The number of anilines is 2. The molecule has 1 aliphatic heterocycles. The summed E-state index contributed by atoms with van der Waals surface area (Å²) in [6.45, 7) is -0.481. The number of benzene rings is 3. The van der Waals surface area contributed by atoms with Crippen LogP contribution in [0.4, 0.5) is 24.5 Å². The first kappa shape index (κ1) is 25.7. The smallest absolute Gasteiger partial charge is 0.325 e. The first-order valence-electron chi connectivity index (χ1n) is 11.7. The molecule has 3 aromatic carbocycles. The van der Waals surface area contributed by atoms with Crippen LogP contribution in [0, 0.1) is 0 Å². The second-order valence-electron chi connectivity index (χ2n) is 8.78. The van der Waals surface area contributed by atoms with Gasteiger partial charge in [0.2, 0.25) is 10.9 Å². The number of para-hydroxylation sites is 1. The van der Waals surface area contributed by atoms with Crippen LogP contribution in [0.15, 0.2) is 77.6 Å². The standard InChI is InChI=1S/C27H15ClF3N5O3S/c28-16-10-8-14(9-11-16)23-33-26-36(34-23)25(39)22(40-26)21-18-6-1-2-7-19(18)35(24(21)38)13-20(37)32-17-5-3-4-15(12-17)27(29,30)31/h1-12H,13H2,(H,32,37). The van der Waals surface area contributed by atoms with Crippen molar-refractivity contribution in [3.63, 3.8) is 0 Å². The van der Waals surface area contributed by atoms with Crippen molar-refractivity contribution in [3.8, 4) is 11.4 Å². The minimum absolute atomic E-state index is 0.0622. The molecule has 1 N–H and O–H groups in total. The molecule has 2 amide bonds. The maximum atomic E-state index is 13.6. The first-order chi connectivity index (χ1) is 19.1. The number of hydrogen-bond acceptors (Lipinski definition) is 6. The quantitative estimate of drug-likeness (QED) is 0.340. The third-order valence-corrected chi connectivity index (χ3v) is 7.47. The van der Waals surface area contributed by atoms with Crippen LogP contribution in [0.5, 0.6) is 0 Å². The van der Waals surface area contributed by atoms with Crippen molar-refractivity contribution in [1.82, 2.24) is 14.6 Å². The fourth-order valence-corrected chi connectivity index (χ4v) is 5.50. The van der Waals surface area contributed by atoms with Gasteiger partial charge in [-0.3, -0.25) is 19.3 Å². The van der Waals surface area contributed by atoms with Gasteiger partial charge in [-0.15, -0.1) is 5.10 Å². The number of hydrogen-bond donors (Lipinski definition) is 1. The number of rotatable bonds is 4. The zero-order valence-electron chi connectivity index (χ0n) is 20.1. The van der Waals surface area contributed by atoms with E-state index in [-0.39, 0.29) is 20.8 Å². The predicted molar refractivity (Wildman–Crippen MR) is 144 cm³/mol. The number of halogens is 4. The molecule has 0 unspecified atom stereocenters. The monoisotopic (exact) mass is 581 g/mol. The van der Waals surface area contributed by atoms with Crippen molar-refractivity contribution in [1.29, 1.82) is 0 Å². The second kappa shape index (κ2) is 9.57. The highest BCUT2D eigenvalue weighted by molar-refractivity contribution is 7.15. The largest absolute Gasteiger partial charge is 0.416 e. The summed E-state index contributed by atoms with van der Waals surface area (Å²) in [6.07, 6.45) is -4.57. The molecule has 0 atom stereocenters. The lowest BCUT2D eigenvalue weighted by Crippen LogP contribution is -2.37. The third kappa shape index (κ3) is 4.50. The second-order valence-corrected chi connectivity index (χ2v) is 10.2. The highest BCUT2D eigenvalue weighted by atomic mass is 35.5. The number of carbonyl (C=O) groups is 2. The Hall–Kier alpha value is -4.55. The van der Waals surface area contributed by atoms with Crippen molar-refractivity contribution in [2.45, 2.75) is 6.18 Å². The van der Waals surface area contributed by atoms with Crippen LogP contribution in [0.1, 0.15) is 11.1 Å². The summed E-state index contributed by atoms with van der Waals surface area (Å²) >= 11 is 6.93. The minimum Gasteiger partial charge on any atom is -0.325 e. The van der Waals surface area contributed by atoms with Crippen molar-refractivity contribution in [3.05, 3.63) is 104 Å². The van der Waals surface area contributed by atoms with Gasteiger partial charge in [-0.25, -0.2) is 0 Å². The SMILES string of the molecule is O=C(CN1C(=O)C(=c2sc3nc(-c4ccc(Cl)cc4)nn3c2=O)c2ccccc21)Nc1cccc(C(F)(F)F)c1. The van der Waals surface area contributed by atoms with Gasteiger partial charge in [0.15, 0.2) is 5.82 Å². The van der Waals surface area contributed by atoms with Crippen LogP contribution >= 0.6 is 22.9 Å². The van der Waals surface area contributed by atoms with E-state index in [4.69, 9.17) is 11.6 Å². The van der Waals surface area contributed by atoms with Crippen LogP contribution in [-0.4, -0.2) is 33.0 Å². The number of fused-ring (bicyclic) bond motifs is 2. The third-order valence-electron chi connectivity index (χ3n) is 6.19. The van der Waals surface area contributed by atoms with Gasteiger partial charge in [-0.05, 0) is 48.5 Å². The molecule has 200 valence electrons. The molecule has 40 heavy (non-hydrogen) atoms. The molecule has 6 rings (SSSR count). The van der Waals surface area contributed by atoms with Crippen molar-refractivity contribution < 1.29 is 22.8 Å². The number of alkyl halides is 3. The number of carbonyl (C=O) groups excluding carboxylic acids is 2. The molecule has 13 heteroatoms. The van der Waals surface area contributed by atoms with E-state index >= 15 is 0 Å². The molecule has 0 fully saturated rings. The molecular weight excluding hydrogens is 567 g/mol. The summed E-state index contributed by atoms with van der Waals surface area (Å²) < 4.78 is 40.4. The molecule has 0 bridgehead atoms. The Morgan fingerprint density at radius 2 is 1.75 bits per heavy atom. The summed E-state index contributed by atoms with van der Waals surface area (Å²) in [6, 6.07) is 17.6. The molecule has 0 radical (unpaired) electrons. The number of nitrogens with one attached hydrogen (secondary N) is 1. The van der Waals surface area contributed by atoms with E-state index in [0.717, 1.165) is 28.0 Å². The predicted octanol–water partition coefficient (Wildman–Crippen LogP) is 4.39. The van der Waals surface area contributed by atoms with Crippen molar-refractivity contribution in [2.75, 3.05) is 16.8 Å². The van der Waals surface area contributed by atoms with E-state index in [9.17, 15) is 27.6 Å². The lowest BCUT2D eigenvalue weighted by Gasteiger charge is -2.17. The molecule has 0 spiro atoms. The highest BCUT2D eigenvalue weighted by Gasteiger charge is 2.36. The van der Waals surface area contributed by atoms with E-state index in [2.05, 4.69) is 15.4 Å². The van der Waals surface area contributed by atoms with Gasteiger partial charge in [-0.2, -0.15) is 22.7 Å². The summed E-state index contributed by atoms with van der Waals surface area (Å²) in [5.74, 6) is -0.983. The van der Waals surface area contributed by atoms with Gasteiger partial charge in [0.1, 0.15) is 11.1 Å². The molecule has 0 saturated heterocycles. The highest BCUT2D eigenvalue weighted by Crippen LogP contribution is 2.35. The molecule has 2 aromatic heterocycles. The molecular formula is C27H15ClF3N5O3S. The van der Waals surface area contributed by atoms with Crippen molar-refractivity contribution in [2.24, 2.45) is 0 Å². The Balaban J connectivity index is 1.34. The van der Waals surface area contributed by atoms with E-state index < -0.39 is 35.7 Å². The van der Waals surface area contributed by atoms with Gasteiger partial charge < -0.3 is 5.32 Å². The number of amides is 2. The maximum absolute atomic E-state index is 13.6. The van der Waals surface area contributed by atoms with Crippen LogP contribution in [-0.2, 0) is 15.8 Å². The average Bonchev–Trinajstić information content (AvgIpc) is 3.55. The first-order valence-corrected chi connectivity index (χ1v) is 12.9. The Morgan fingerprint density at radius 1 is 1.00 bits per heavy atom. The zero-order chi connectivity index (χ0) is 28.2. The molecule has 5 aromatic rings. The molecule has 8 nitrogen and oxygen atoms in total.